The molecule has 124 valence electrons. The molecule has 4 nitrogen and oxygen atoms in total. The van der Waals surface area contributed by atoms with E-state index in [1.807, 2.05) is 19.1 Å². The number of carbonyl (C=O) groups is 1. The summed E-state index contributed by atoms with van der Waals surface area (Å²) in [6, 6.07) is 6.35. The van der Waals surface area contributed by atoms with Gasteiger partial charge in [0, 0.05) is 23.5 Å². The van der Waals surface area contributed by atoms with Crippen LogP contribution in [-0.4, -0.2) is 36.5 Å². The lowest BCUT2D eigenvalue weighted by Gasteiger charge is -2.23. The lowest BCUT2D eigenvalue weighted by Crippen LogP contribution is -2.43. The van der Waals surface area contributed by atoms with Gasteiger partial charge in [0.05, 0.1) is 12.7 Å². The first kappa shape index (κ1) is 16.1. The van der Waals surface area contributed by atoms with Crippen LogP contribution in [0.4, 0.5) is 0 Å². The topological polar surface area (TPSA) is 45.5 Å². The lowest BCUT2D eigenvalue weighted by molar-refractivity contribution is -0.121. The first-order valence-electron chi connectivity index (χ1n) is 8.64. The molecule has 0 aliphatic carbocycles. The molecule has 0 unspecified atom stereocenters. The number of hydrogen-bond donors (Lipinski definition) is 1. The summed E-state index contributed by atoms with van der Waals surface area (Å²) in [5.74, 6) is 0.0827. The maximum atomic E-state index is 12.4. The smallest absolute Gasteiger partial charge is 0.224 e. The molecule has 1 N–H and O–H groups in total. The monoisotopic (exact) mass is 314 g/mol. The summed E-state index contributed by atoms with van der Waals surface area (Å²) in [4.78, 5) is 14.8. The molecule has 0 bridgehead atoms. The summed E-state index contributed by atoms with van der Waals surface area (Å²) < 4.78 is 5.58. The first-order chi connectivity index (χ1) is 11.2. The van der Waals surface area contributed by atoms with Crippen molar-refractivity contribution in [3.05, 3.63) is 35.6 Å². The number of aryl methyl sites for hydroxylation is 1. The van der Waals surface area contributed by atoms with Crippen LogP contribution in [0.3, 0.4) is 0 Å². The molecule has 0 saturated carbocycles. The summed E-state index contributed by atoms with van der Waals surface area (Å²) in [5, 5.41) is 4.23. The quantitative estimate of drug-likeness (QED) is 0.890. The maximum absolute atomic E-state index is 12.4. The standard InChI is InChI=1S/C19H26N2O2/c1-3-16(12-21-8-4-5-9-21)20-19(22)11-15-13-23-18-10-14(2)6-7-17(15)18/h6-7,10,13,16H,3-5,8-9,11-12H2,1-2H3,(H,20,22)/t16-/m0/s1. The van der Waals surface area contributed by atoms with Gasteiger partial charge in [0.1, 0.15) is 5.58 Å². The van der Waals surface area contributed by atoms with Gasteiger partial charge in [-0.2, -0.15) is 0 Å². The molecule has 1 aromatic heterocycles. The molecule has 0 spiro atoms. The van der Waals surface area contributed by atoms with E-state index in [4.69, 9.17) is 4.42 Å². The second-order valence-electron chi connectivity index (χ2n) is 6.62. The average Bonchev–Trinajstić information content (AvgIpc) is 3.16. The highest BCUT2D eigenvalue weighted by atomic mass is 16.3. The molecule has 1 aliphatic heterocycles. The lowest BCUT2D eigenvalue weighted by atomic mass is 10.1. The van der Waals surface area contributed by atoms with Gasteiger partial charge in [-0.1, -0.05) is 19.1 Å². The van der Waals surface area contributed by atoms with E-state index >= 15 is 0 Å². The first-order valence-corrected chi connectivity index (χ1v) is 8.64. The molecular formula is C19H26N2O2. The van der Waals surface area contributed by atoms with E-state index in [9.17, 15) is 4.79 Å². The number of hydrogen-bond acceptors (Lipinski definition) is 3. The van der Waals surface area contributed by atoms with Gasteiger partial charge in [0.15, 0.2) is 0 Å². The minimum Gasteiger partial charge on any atom is -0.464 e. The van der Waals surface area contributed by atoms with E-state index < -0.39 is 0 Å². The van der Waals surface area contributed by atoms with E-state index in [-0.39, 0.29) is 11.9 Å². The van der Waals surface area contributed by atoms with Crippen molar-refractivity contribution >= 4 is 16.9 Å². The molecule has 1 atom stereocenters. The Hall–Kier alpha value is -1.81. The molecule has 1 fully saturated rings. The number of fused-ring (bicyclic) bond motifs is 1. The molecule has 0 radical (unpaired) electrons. The fourth-order valence-electron chi connectivity index (χ4n) is 3.33. The van der Waals surface area contributed by atoms with E-state index in [2.05, 4.69) is 23.2 Å². The molecule has 2 aromatic rings. The third-order valence-corrected chi connectivity index (χ3v) is 4.70. The molecule has 23 heavy (non-hydrogen) atoms. The molecule has 1 amide bonds. The largest absolute Gasteiger partial charge is 0.464 e. The van der Waals surface area contributed by atoms with E-state index in [0.717, 1.165) is 42.6 Å². The van der Waals surface area contributed by atoms with Crippen LogP contribution in [0.25, 0.3) is 11.0 Å². The summed E-state index contributed by atoms with van der Waals surface area (Å²) >= 11 is 0. The number of benzene rings is 1. The second kappa shape index (κ2) is 7.18. The number of likely N-dealkylation sites (tertiary alicyclic amines) is 1. The number of rotatable bonds is 6. The van der Waals surface area contributed by atoms with Gasteiger partial charge in [-0.15, -0.1) is 0 Å². The fraction of sp³-hybridized carbons (Fsp3) is 0.526. The maximum Gasteiger partial charge on any atom is 0.224 e. The third-order valence-electron chi connectivity index (χ3n) is 4.70. The van der Waals surface area contributed by atoms with Crippen LogP contribution in [0.1, 0.15) is 37.3 Å². The van der Waals surface area contributed by atoms with Crippen molar-refractivity contribution in [3.63, 3.8) is 0 Å². The van der Waals surface area contributed by atoms with Crippen molar-refractivity contribution in [1.29, 1.82) is 0 Å². The Balaban J connectivity index is 1.60. The Kier molecular flexibility index (Phi) is 5.01. The van der Waals surface area contributed by atoms with E-state index in [1.54, 1.807) is 6.26 Å². The number of nitrogens with one attached hydrogen (secondary N) is 1. The minimum atomic E-state index is 0.0827. The highest BCUT2D eigenvalue weighted by Gasteiger charge is 2.18. The Labute approximate surface area is 137 Å². The SMILES string of the molecule is CC[C@@H](CN1CCCC1)NC(=O)Cc1coc2cc(C)ccc12. The van der Waals surface area contributed by atoms with Crippen molar-refractivity contribution in [1.82, 2.24) is 10.2 Å². The molecule has 1 saturated heterocycles. The van der Waals surface area contributed by atoms with Gasteiger partial charge in [0.2, 0.25) is 5.91 Å². The van der Waals surface area contributed by atoms with Crippen LogP contribution >= 0.6 is 0 Å². The predicted molar refractivity (Wildman–Crippen MR) is 92.6 cm³/mol. The van der Waals surface area contributed by atoms with Gasteiger partial charge >= 0.3 is 0 Å². The van der Waals surface area contributed by atoms with Crippen molar-refractivity contribution in [2.24, 2.45) is 0 Å². The summed E-state index contributed by atoms with van der Waals surface area (Å²) in [6.45, 7) is 7.47. The van der Waals surface area contributed by atoms with Gasteiger partial charge in [-0.3, -0.25) is 4.79 Å². The highest BCUT2D eigenvalue weighted by molar-refractivity contribution is 5.88. The van der Waals surface area contributed by atoms with Gasteiger partial charge in [-0.05, 0) is 50.9 Å². The molecule has 1 aromatic carbocycles. The average molecular weight is 314 g/mol. The normalized spacial score (nSPS) is 16.8. The molecule has 4 heteroatoms. The van der Waals surface area contributed by atoms with Gasteiger partial charge < -0.3 is 14.6 Å². The fourth-order valence-corrected chi connectivity index (χ4v) is 3.33. The molecule has 2 heterocycles. The number of furan rings is 1. The summed E-state index contributed by atoms with van der Waals surface area (Å²) in [6.07, 6.45) is 5.63. The Morgan fingerprint density at radius 1 is 1.35 bits per heavy atom. The predicted octanol–water partition coefficient (Wildman–Crippen LogP) is 3.27. The van der Waals surface area contributed by atoms with Crippen LogP contribution in [0, 0.1) is 6.92 Å². The Bertz CT molecular complexity index is 671. The van der Waals surface area contributed by atoms with Gasteiger partial charge in [-0.25, -0.2) is 0 Å². The van der Waals surface area contributed by atoms with Crippen molar-refractivity contribution in [2.45, 2.75) is 45.6 Å². The van der Waals surface area contributed by atoms with Crippen molar-refractivity contribution in [2.75, 3.05) is 19.6 Å². The van der Waals surface area contributed by atoms with Crippen molar-refractivity contribution in [3.8, 4) is 0 Å². The molecule has 3 rings (SSSR count). The van der Waals surface area contributed by atoms with Crippen LogP contribution < -0.4 is 5.32 Å². The van der Waals surface area contributed by atoms with Crippen LogP contribution in [-0.2, 0) is 11.2 Å². The number of carbonyl (C=O) groups excluding carboxylic acids is 1. The zero-order chi connectivity index (χ0) is 16.2. The van der Waals surface area contributed by atoms with Crippen LogP contribution in [0.2, 0.25) is 0 Å². The van der Waals surface area contributed by atoms with E-state index in [1.165, 1.54) is 18.4 Å². The van der Waals surface area contributed by atoms with E-state index in [0.29, 0.717) is 6.42 Å². The Morgan fingerprint density at radius 2 is 2.13 bits per heavy atom. The van der Waals surface area contributed by atoms with Crippen LogP contribution in [0.15, 0.2) is 28.9 Å². The van der Waals surface area contributed by atoms with Gasteiger partial charge in [0.25, 0.3) is 0 Å². The third kappa shape index (κ3) is 3.94. The number of nitrogens with zero attached hydrogens (tertiary/aromatic N) is 1. The second-order valence-corrected chi connectivity index (χ2v) is 6.62. The minimum absolute atomic E-state index is 0.0827. The van der Waals surface area contributed by atoms with Crippen molar-refractivity contribution < 1.29 is 9.21 Å². The zero-order valence-electron chi connectivity index (χ0n) is 14.1. The highest BCUT2D eigenvalue weighted by Crippen LogP contribution is 2.22. The Morgan fingerprint density at radius 3 is 2.87 bits per heavy atom. The molecule has 1 aliphatic rings. The summed E-state index contributed by atoms with van der Waals surface area (Å²) in [7, 11) is 0. The zero-order valence-corrected chi connectivity index (χ0v) is 14.1. The van der Waals surface area contributed by atoms with Crippen LogP contribution in [0.5, 0.6) is 0 Å². The number of amides is 1. The molecular weight excluding hydrogens is 288 g/mol. The summed E-state index contributed by atoms with van der Waals surface area (Å²) in [5.41, 5.74) is 2.99.